The summed E-state index contributed by atoms with van der Waals surface area (Å²) in [4.78, 5) is 13.8. The molecule has 5 heteroatoms. The number of fused-ring (bicyclic) bond motifs is 3. The molecule has 185 valence electrons. The van der Waals surface area contributed by atoms with Crippen LogP contribution in [0.5, 0.6) is 0 Å². The number of hydrogen-bond acceptors (Lipinski definition) is 3. The van der Waals surface area contributed by atoms with Crippen LogP contribution in [0.15, 0.2) is 134 Å². The number of benzene rings is 4. The Morgan fingerprint density at radius 2 is 1.29 bits per heavy atom. The van der Waals surface area contributed by atoms with Gasteiger partial charge in [-0.05, 0) is 30.0 Å². The molecule has 0 amide bonds. The first-order chi connectivity index (χ1) is 18.4. The first-order valence-corrected chi connectivity index (χ1v) is 12.1. The predicted octanol–water partition coefficient (Wildman–Crippen LogP) is 7.59. The molecule has 7 rings (SSSR count). The van der Waals surface area contributed by atoms with Gasteiger partial charge in [-0.25, -0.2) is 0 Å². The van der Waals surface area contributed by atoms with Gasteiger partial charge in [0.1, 0.15) is 0 Å². The van der Waals surface area contributed by atoms with Gasteiger partial charge in [-0.15, -0.1) is 71.8 Å². The summed E-state index contributed by atoms with van der Waals surface area (Å²) in [5.74, 6) is 0.875. The molecule has 0 N–H and O–H groups in total. The molecular weight excluding hydrogens is 645 g/mol. The standard InChI is InChI=1S/C22H14N3.C11H8N.Ir/c1-3-9-16(10-4-1)22-24-21-18-13-7-8-14-19(18)23-15-20(21)25(22)17-11-5-2-6-12-17;1-2-6-10(7-3-1)11-8-4-5-9-12-11;/h1-9,11-15H;1-6,8-9H;/q2*-1;. The van der Waals surface area contributed by atoms with E-state index in [1.165, 1.54) is 0 Å². The smallest absolute Gasteiger partial charge is 0.0884 e. The maximum absolute atomic E-state index is 4.98. The van der Waals surface area contributed by atoms with Crippen LogP contribution in [0.25, 0.3) is 50.3 Å². The van der Waals surface area contributed by atoms with Crippen molar-refractivity contribution in [2.45, 2.75) is 0 Å². The summed E-state index contributed by atoms with van der Waals surface area (Å²) in [5.41, 5.74) is 6.95. The summed E-state index contributed by atoms with van der Waals surface area (Å²) in [6.07, 6.45) is 3.69. The quantitative estimate of drug-likeness (QED) is 0.183. The summed E-state index contributed by atoms with van der Waals surface area (Å²) >= 11 is 0. The van der Waals surface area contributed by atoms with Crippen molar-refractivity contribution in [2.75, 3.05) is 0 Å². The third kappa shape index (κ3) is 5.16. The summed E-state index contributed by atoms with van der Waals surface area (Å²) < 4.78 is 2.15. The SMILES string of the molecule is [Ir].[c-]1ccccc1-c1ccccn1.[c-]1ccccc1-c1nc2c3ccccc3ncc2n1-c1ccccc1. The van der Waals surface area contributed by atoms with Crippen LogP contribution >= 0.6 is 0 Å². The van der Waals surface area contributed by atoms with Gasteiger partial charge < -0.3 is 9.55 Å². The summed E-state index contributed by atoms with van der Waals surface area (Å²) in [6.45, 7) is 0. The molecule has 0 unspecified atom stereocenters. The first-order valence-electron chi connectivity index (χ1n) is 12.1. The van der Waals surface area contributed by atoms with Gasteiger partial charge in [-0.1, -0.05) is 48.5 Å². The molecule has 38 heavy (non-hydrogen) atoms. The number of rotatable bonds is 3. The van der Waals surface area contributed by atoms with Crippen LogP contribution in [0.2, 0.25) is 0 Å². The third-order valence-electron chi connectivity index (χ3n) is 6.01. The van der Waals surface area contributed by atoms with Gasteiger partial charge in [0, 0.05) is 37.4 Å². The van der Waals surface area contributed by atoms with Crippen molar-refractivity contribution in [3.05, 3.63) is 146 Å². The zero-order valence-electron chi connectivity index (χ0n) is 20.3. The average Bonchev–Trinajstić information content (AvgIpc) is 3.40. The molecule has 0 aliphatic carbocycles. The van der Waals surface area contributed by atoms with Gasteiger partial charge in [-0.3, -0.25) is 9.97 Å². The van der Waals surface area contributed by atoms with Crippen LogP contribution in [0, 0.1) is 12.1 Å². The van der Waals surface area contributed by atoms with Crippen molar-refractivity contribution in [1.82, 2.24) is 19.5 Å². The Morgan fingerprint density at radius 1 is 0.605 bits per heavy atom. The number of aromatic nitrogens is 4. The molecule has 4 nitrogen and oxygen atoms in total. The van der Waals surface area contributed by atoms with E-state index in [0.29, 0.717) is 0 Å². The van der Waals surface area contributed by atoms with Crippen molar-refractivity contribution in [1.29, 1.82) is 0 Å². The van der Waals surface area contributed by atoms with Crippen LogP contribution in [0.4, 0.5) is 0 Å². The minimum Gasteiger partial charge on any atom is -0.332 e. The molecule has 0 spiro atoms. The van der Waals surface area contributed by atoms with E-state index >= 15 is 0 Å². The van der Waals surface area contributed by atoms with Crippen molar-refractivity contribution < 1.29 is 20.1 Å². The summed E-state index contributed by atoms with van der Waals surface area (Å²) in [7, 11) is 0. The topological polar surface area (TPSA) is 43.6 Å². The first kappa shape index (κ1) is 25.2. The van der Waals surface area contributed by atoms with E-state index in [4.69, 9.17) is 4.98 Å². The average molecular weight is 667 g/mol. The monoisotopic (exact) mass is 667 g/mol. The Kier molecular flexibility index (Phi) is 7.79. The van der Waals surface area contributed by atoms with E-state index in [1.807, 2.05) is 109 Å². The fourth-order valence-electron chi connectivity index (χ4n) is 4.29. The van der Waals surface area contributed by atoms with Crippen LogP contribution in [0.1, 0.15) is 0 Å². The molecule has 0 fully saturated rings. The molecule has 0 saturated heterocycles. The fourth-order valence-corrected chi connectivity index (χ4v) is 4.29. The molecule has 3 heterocycles. The Labute approximate surface area is 235 Å². The van der Waals surface area contributed by atoms with Gasteiger partial charge >= 0.3 is 0 Å². The van der Waals surface area contributed by atoms with Gasteiger partial charge in [0.05, 0.1) is 28.6 Å². The predicted molar refractivity (Wildman–Crippen MR) is 149 cm³/mol. The summed E-state index contributed by atoms with van der Waals surface area (Å²) in [5, 5.41) is 1.06. The van der Waals surface area contributed by atoms with Crippen molar-refractivity contribution in [2.24, 2.45) is 0 Å². The Hall–Kier alpha value is -4.44. The minimum absolute atomic E-state index is 0. The van der Waals surface area contributed by atoms with Gasteiger partial charge in [-0.2, -0.15) is 0 Å². The molecule has 0 atom stereocenters. The van der Waals surface area contributed by atoms with E-state index < -0.39 is 0 Å². The third-order valence-corrected chi connectivity index (χ3v) is 6.01. The molecule has 0 saturated carbocycles. The molecule has 0 aliphatic heterocycles. The Balaban J connectivity index is 0.000000191. The van der Waals surface area contributed by atoms with E-state index in [-0.39, 0.29) is 20.1 Å². The van der Waals surface area contributed by atoms with Gasteiger partial charge in [0.15, 0.2) is 0 Å². The number of para-hydroxylation sites is 2. The fraction of sp³-hybridized carbons (Fsp3) is 0. The second-order valence-corrected chi connectivity index (χ2v) is 8.38. The van der Waals surface area contributed by atoms with Crippen molar-refractivity contribution in [3.63, 3.8) is 0 Å². The van der Waals surface area contributed by atoms with Crippen LogP contribution < -0.4 is 0 Å². The number of pyridine rings is 2. The second kappa shape index (κ2) is 11.7. The van der Waals surface area contributed by atoms with E-state index in [9.17, 15) is 0 Å². The van der Waals surface area contributed by atoms with Crippen LogP contribution in [-0.2, 0) is 20.1 Å². The normalized spacial score (nSPS) is 10.4. The number of nitrogens with zero attached hydrogens (tertiary/aromatic N) is 4. The molecule has 0 aliphatic rings. The van der Waals surface area contributed by atoms with E-state index in [1.54, 1.807) is 6.20 Å². The molecule has 0 bridgehead atoms. The Morgan fingerprint density at radius 3 is 2.00 bits per heavy atom. The molecular formula is C33H22IrN4-2. The largest absolute Gasteiger partial charge is 0.332 e. The van der Waals surface area contributed by atoms with E-state index in [0.717, 1.165) is 50.3 Å². The maximum Gasteiger partial charge on any atom is 0.0884 e. The van der Waals surface area contributed by atoms with Crippen LogP contribution in [0.3, 0.4) is 0 Å². The number of imidazole rings is 1. The molecule has 4 aromatic carbocycles. The maximum atomic E-state index is 4.98. The van der Waals surface area contributed by atoms with Gasteiger partial charge in [0.25, 0.3) is 0 Å². The molecule has 3 aromatic heterocycles. The second-order valence-electron chi connectivity index (χ2n) is 8.38. The Bertz CT molecular complexity index is 1710. The van der Waals surface area contributed by atoms with Crippen molar-refractivity contribution >= 4 is 21.9 Å². The molecule has 1 radical (unpaired) electrons. The van der Waals surface area contributed by atoms with Gasteiger partial charge in [0.2, 0.25) is 0 Å². The van der Waals surface area contributed by atoms with Crippen LogP contribution in [-0.4, -0.2) is 19.5 Å². The summed E-state index contributed by atoms with van der Waals surface area (Å²) in [6, 6.07) is 46.4. The van der Waals surface area contributed by atoms with Crippen molar-refractivity contribution in [3.8, 4) is 28.3 Å². The number of hydrogen-bond donors (Lipinski definition) is 0. The van der Waals surface area contributed by atoms with E-state index in [2.05, 4.69) is 44.9 Å². The molecule has 7 aromatic rings. The zero-order valence-corrected chi connectivity index (χ0v) is 22.7. The minimum atomic E-state index is 0. The zero-order chi connectivity index (χ0) is 24.9.